The lowest BCUT2D eigenvalue weighted by Gasteiger charge is -2.32. The summed E-state index contributed by atoms with van der Waals surface area (Å²) in [6, 6.07) is 0. The van der Waals surface area contributed by atoms with E-state index < -0.39 is 0 Å². The second-order valence-electron chi connectivity index (χ2n) is 4.84. The molecule has 2 aliphatic rings. The second-order valence-corrected chi connectivity index (χ2v) is 4.84. The number of amides is 2. The van der Waals surface area contributed by atoms with Gasteiger partial charge in [-0.15, -0.1) is 0 Å². The van der Waals surface area contributed by atoms with E-state index in [1.165, 1.54) is 6.08 Å². The summed E-state index contributed by atoms with van der Waals surface area (Å²) in [5.74, 6) is 0.409. The third kappa shape index (κ3) is 2.68. The minimum atomic E-state index is -0.0166. The minimum absolute atomic E-state index is 0.0166. The van der Waals surface area contributed by atoms with E-state index in [0.717, 1.165) is 38.8 Å². The van der Waals surface area contributed by atoms with Gasteiger partial charge in [0.25, 0.3) is 0 Å². The van der Waals surface area contributed by atoms with Gasteiger partial charge in [-0.2, -0.15) is 0 Å². The van der Waals surface area contributed by atoms with E-state index in [2.05, 4.69) is 6.58 Å². The van der Waals surface area contributed by atoms with Crippen LogP contribution in [0.2, 0.25) is 0 Å². The van der Waals surface area contributed by atoms with Crippen LogP contribution < -0.4 is 0 Å². The van der Waals surface area contributed by atoms with Crippen LogP contribution in [0.3, 0.4) is 0 Å². The van der Waals surface area contributed by atoms with Crippen molar-refractivity contribution in [3.8, 4) is 0 Å². The van der Waals surface area contributed by atoms with Crippen molar-refractivity contribution in [2.45, 2.75) is 25.7 Å². The highest BCUT2D eigenvalue weighted by Gasteiger charge is 2.30. The van der Waals surface area contributed by atoms with Crippen LogP contribution in [-0.4, -0.2) is 47.8 Å². The number of nitrogens with zero attached hydrogens (tertiary/aromatic N) is 2. The highest BCUT2D eigenvalue weighted by Crippen LogP contribution is 2.22. The maximum absolute atomic E-state index is 12.1. The quantitative estimate of drug-likeness (QED) is 0.672. The molecular weight excluding hydrogens is 216 g/mol. The molecule has 0 atom stereocenters. The largest absolute Gasteiger partial charge is 0.342 e. The van der Waals surface area contributed by atoms with Gasteiger partial charge in [-0.3, -0.25) is 9.59 Å². The van der Waals surface area contributed by atoms with Gasteiger partial charge in [-0.1, -0.05) is 6.58 Å². The molecule has 2 fully saturated rings. The van der Waals surface area contributed by atoms with E-state index >= 15 is 0 Å². The highest BCUT2D eigenvalue weighted by molar-refractivity contribution is 5.87. The molecule has 0 aliphatic carbocycles. The van der Waals surface area contributed by atoms with Crippen molar-refractivity contribution in [3.05, 3.63) is 12.7 Å². The molecule has 4 nitrogen and oxygen atoms in total. The van der Waals surface area contributed by atoms with Crippen LogP contribution in [0.4, 0.5) is 0 Å². The van der Waals surface area contributed by atoms with Crippen molar-refractivity contribution in [3.63, 3.8) is 0 Å². The van der Waals surface area contributed by atoms with Gasteiger partial charge in [0, 0.05) is 32.1 Å². The summed E-state index contributed by atoms with van der Waals surface area (Å²) in [5, 5.41) is 0. The Bertz CT molecular complexity index is 313. The maximum atomic E-state index is 12.1. The Morgan fingerprint density at radius 3 is 2.12 bits per heavy atom. The molecule has 0 bridgehead atoms. The molecule has 0 aromatic carbocycles. The molecule has 0 saturated carbocycles. The Morgan fingerprint density at radius 2 is 1.59 bits per heavy atom. The highest BCUT2D eigenvalue weighted by atomic mass is 16.2. The average Bonchev–Trinajstić information content (AvgIpc) is 2.91. The third-order valence-corrected chi connectivity index (χ3v) is 3.75. The lowest BCUT2D eigenvalue weighted by atomic mass is 9.95. The van der Waals surface area contributed by atoms with Crippen molar-refractivity contribution in [2.75, 3.05) is 26.2 Å². The van der Waals surface area contributed by atoms with Gasteiger partial charge in [0.15, 0.2) is 0 Å². The first-order valence-electron chi connectivity index (χ1n) is 6.42. The molecule has 0 aromatic rings. The SMILES string of the molecule is C=CC(=O)N1CCC(C(=O)N2CCCC2)CC1. The van der Waals surface area contributed by atoms with E-state index in [4.69, 9.17) is 0 Å². The zero-order chi connectivity index (χ0) is 12.3. The van der Waals surface area contributed by atoms with Gasteiger partial charge in [-0.25, -0.2) is 0 Å². The second kappa shape index (κ2) is 5.34. The molecule has 94 valence electrons. The van der Waals surface area contributed by atoms with Crippen molar-refractivity contribution < 1.29 is 9.59 Å². The molecule has 0 radical (unpaired) electrons. The van der Waals surface area contributed by atoms with Crippen LogP contribution in [0.15, 0.2) is 12.7 Å². The van der Waals surface area contributed by atoms with Crippen molar-refractivity contribution >= 4 is 11.8 Å². The number of likely N-dealkylation sites (tertiary alicyclic amines) is 2. The summed E-state index contributed by atoms with van der Waals surface area (Å²) in [6.45, 7) is 6.71. The Balaban J connectivity index is 1.84. The average molecular weight is 236 g/mol. The number of carbonyl (C=O) groups is 2. The van der Waals surface area contributed by atoms with Gasteiger partial charge < -0.3 is 9.80 Å². The van der Waals surface area contributed by atoms with Crippen molar-refractivity contribution in [1.82, 2.24) is 9.80 Å². The molecule has 0 unspecified atom stereocenters. The summed E-state index contributed by atoms with van der Waals surface area (Å²) in [7, 11) is 0. The molecular formula is C13H20N2O2. The van der Waals surface area contributed by atoms with E-state index in [9.17, 15) is 9.59 Å². The smallest absolute Gasteiger partial charge is 0.245 e. The molecule has 0 aromatic heterocycles. The third-order valence-electron chi connectivity index (χ3n) is 3.75. The van der Waals surface area contributed by atoms with Crippen molar-refractivity contribution in [1.29, 1.82) is 0 Å². The number of hydrogen-bond donors (Lipinski definition) is 0. The lowest BCUT2D eigenvalue weighted by molar-refractivity contribution is -0.138. The van der Waals surface area contributed by atoms with Crippen LogP contribution in [0.25, 0.3) is 0 Å². The Kier molecular flexibility index (Phi) is 3.82. The van der Waals surface area contributed by atoms with Crippen LogP contribution >= 0.6 is 0 Å². The predicted molar refractivity (Wildman–Crippen MR) is 65.3 cm³/mol. The summed E-state index contributed by atoms with van der Waals surface area (Å²) >= 11 is 0. The molecule has 2 heterocycles. The van der Waals surface area contributed by atoms with Crippen LogP contribution in [0, 0.1) is 5.92 Å². The Labute approximate surface area is 102 Å². The fraction of sp³-hybridized carbons (Fsp3) is 0.692. The molecule has 0 N–H and O–H groups in total. The summed E-state index contributed by atoms with van der Waals surface area (Å²) < 4.78 is 0. The van der Waals surface area contributed by atoms with E-state index in [1.807, 2.05) is 4.90 Å². The van der Waals surface area contributed by atoms with Gasteiger partial charge in [-0.05, 0) is 31.8 Å². The zero-order valence-corrected chi connectivity index (χ0v) is 10.2. The van der Waals surface area contributed by atoms with E-state index in [-0.39, 0.29) is 11.8 Å². The number of hydrogen-bond acceptors (Lipinski definition) is 2. The standard InChI is InChI=1S/C13H20N2O2/c1-2-12(16)14-9-5-11(6-10-14)13(17)15-7-3-4-8-15/h2,11H,1,3-10H2. The summed E-state index contributed by atoms with van der Waals surface area (Å²) in [6.07, 6.45) is 5.23. The topological polar surface area (TPSA) is 40.6 Å². The minimum Gasteiger partial charge on any atom is -0.342 e. The predicted octanol–water partition coefficient (Wildman–Crippen LogP) is 1.03. The molecule has 4 heteroatoms. The van der Waals surface area contributed by atoms with Gasteiger partial charge in [0.2, 0.25) is 11.8 Å². The molecule has 2 rings (SSSR count). The monoisotopic (exact) mass is 236 g/mol. The molecule has 0 spiro atoms. The molecule has 2 saturated heterocycles. The van der Waals surface area contributed by atoms with Crippen LogP contribution in [0.5, 0.6) is 0 Å². The molecule has 2 aliphatic heterocycles. The first-order chi connectivity index (χ1) is 8.22. The summed E-state index contributed by atoms with van der Waals surface area (Å²) in [5.41, 5.74) is 0. The summed E-state index contributed by atoms with van der Waals surface area (Å²) in [4.78, 5) is 27.3. The van der Waals surface area contributed by atoms with Crippen LogP contribution in [-0.2, 0) is 9.59 Å². The van der Waals surface area contributed by atoms with Gasteiger partial charge in [0.05, 0.1) is 0 Å². The number of carbonyl (C=O) groups excluding carboxylic acids is 2. The Morgan fingerprint density at radius 1 is 1.00 bits per heavy atom. The number of piperidine rings is 1. The van der Waals surface area contributed by atoms with E-state index in [1.54, 1.807) is 4.90 Å². The Hall–Kier alpha value is -1.32. The van der Waals surface area contributed by atoms with Crippen LogP contribution in [0.1, 0.15) is 25.7 Å². The van der Waals surface area contributed by atoms with E-state index in [0.29, 0.717) is 19.0 Å². The molecule has 2 amide bonds. The first-order valence-corrected chi connectivity index (χ1v) is 6.42. The first kappa shape index (κ1) is 12.1. The lowest BCUT2D eigenvalue weighted by Crippen LogP contribution is -2.43. The normalized spacial score (nSPS) is 21.6. The van der Waals surface area contributed by atoms with Gasteiger partial charge >= 0.3 is 0 Å². The fourth-order valence-corrected chi connectivity index (χ4v) is 2.67. The fourth-order valence-electron chi connectivity index (χ4n) is 2.67. The molecule has 17 heavy (non-hydrogen) atoms. The maximum Gasteiger partial charge on any atom is 0.245 e. The number of rotatable bonds is 2. The van der Waals surface area contributed by atoms with Crippen molar-refractivity contribution in [2.24, 2.45) is 5.92 Å². The van der Waals surface area contributed by atoms with Gasteiger partial charge in [0.1, 0.15) is 0 Å². The zero-order valence-electron chi connectivity index (χ0n) is 10.2.